The highest BCUT2D eigenvalue weighted by atomic mass is 16.5. The Kier molecular flexibility index (Phi) is 6.82. The maximum absolute atomic E-state index is 12.7. The molecule has 0 radical (unpaired) electrons. The molecule has 0 bridgehead atoms. The van der Waals surface area contributed by atoms with Crippen LogP contribution in [0.15, 0.2) is 54.6 Å². The summed E-state index contributed by atoms with van der Waals surface area (Å²) >= 11 is 0. The van der Waals surface area contributed by atoms with Crippen LogP contribution in [0.25, 0.3) is 0 Å². The number of nitrogens with zero attached hydrogens (tertiary/aromatic N) is 1. The van der Waals surface area contributed by atoms with Crippen molar-refractivity contribution < 1.29 is 14.3 Å². The summed E-state index contributed by atoms with van der Waals surface area (Å²) in [6.45, 7) is 2.99. The van der Waals surface area contributed by atoms with Gasteiger partial charge in [0.05, 0.1) is 12.0 Å². The lowest BCUT2D eigenvalue weighted by atomic mass is 9.88. The smallest absolute Gasteiger partial charge is 0.249 e. The van der Waals surface area contributed by atoms with E-state index in [1.165, 1.54) is 12.7 Å². The first kappa shape index (κ1) is 20.1. The second-order valence-corrected chi connectivity index (χ2v) is 7.39. The quantitative estimate of drug-likeness (QED) is 0.837. The SMILES string of the molecule is COCC(=O)N1CC(C(=O)NCc2cccc(C)c2)CCC1c1ccccc1. The van der Waals surface area contributed by atoms with Crippen molar-refractivity contribution in [3.63, 3.8) is 0 Å². The Morgan fingerprint density at radius 3 is 2.61 bits per heavy atom. The van der Waals surface area contributed by atoms with Crippen LogP contribution in [-0.4, -0.2) is 37.0 Å². The summed E-state index contributed by atoms with van der Waals surface area (Å²) in [6, 6.07) is 18.1. The number of carbonyl (C=O) groups is 2. The summed E-state index contributed by atoms with van der Waals surface area (Å²) in [6.07, 6.45) is 1.53. The summed E-state index contributed by atoms with van der Waals surface area (Å²) < 4.78 is 5.06. The van der Waals surface area contributed by atoms with E-state index in [9.17, 15) is 9.59 Å². The molecule has 0 spiro atoms. The van der Waals surface area contributed by atoms with Crippen molar-refractivity contribution >= 4 is 11.8 Å². The predicted octanol–water partition coefficient (Wildman–Crippen LogP) is 3.24. The number of nitrogens with one attached hydrogen (secondary N) is 1. The van der Waals surface area contributed by atoms with Crippen LogP contribution in [0.5, 0.6) is 0 Å². The zero-order valence-electron chi connectivity index (χ0n) is 16.6. The monoisotopic (exact) mass is 380 g/mol. The molecule has 1 N–H and O–H groups in total. The van der Waals surface area contributed by atoms with Crippen molar-refractivity contribution in [2.24, 2.45) is 5.92 Å². The zero-order chi connectivity index (χ0) is 19.9. The van der Waals surface area contributed by atoms with E-state index < -0.39 is 0 Å². The number of likely N-dealkylation sites (tertiary alicyclic amines) is 1. The van der Waals surface area contributed by atoms with Gasteiger partial charge in [0.15, 0.2) is 0 Å². The zero-order valence-corrected chi connectivity index (χ0v) is 16.6. The largest absolute Gasteiger partial charge is 0.375 e. The van der Waals surface area contributed by atoms with Crippen LogP contribution in [0.2, 0.25) is 0 Å². The van der Waals surface area contributed by atoms with Gasteiger partial charge < -0.3 is 15.0 Å². The van der Waals surface area contributed by atoms with E-state index in [-0.39, 0.29) is 30.4 Å². The van der Waals surface area contributed by atoms with Crippen molar-refractivity contribution in [2.75, 3.05) is 20.3 Å². The van der Waals surface area contributed by atoms with Gasteiger partial charge >= 0.3 is 0 Å². The molecular weight excluding hydrogens is 352 g/mol. The second-order valence-electron chi connectivity index (χ2n) is 7.39. The third-order valence-corrected chi connectivity index (χ3v) is 5.27. The fourth-order valence-electron chi connectivity index (χ4n) is 3.84. The van der Waals surface area contributed by atoms with Gasteiger partial charge in [-0.2, -0.15) is 0 Å². The number of piperidine rings is 1. The molecule has 2 atom stereocenters. The molecule has 0 aliphatic carbocycles. The third kappa shape index (κ3) is 4.98. The van der Waals surface area contributed by atoms with Crippen molar-refractivity contribution in [3.05, 3.63) is 71.3 Å². The Morgan fingerprint density at radius 1 is 1.11 bits per heavy atom. The molecule has 1 fully saturated rings. The van der Waals surface area contributed by atoms with Crippen LogP contribution in [0.1, 0.15) is 35.6 Å². The van der Waals surface area contributed by atoms with E-state index in [1.54, 1.807) is 4.90 Å². The molecule has 5 heteroatoms. The molecule has 1 aliphatic heterocycles. The minimum Gasteiger partial charge on any atom is -0.375 e. The maximum Gasteiger partial charge on any atom is 0.249 e. The highest BCUT2D eigenvalue weighted by molar-refractivity contribution is 5.82. The standard InChI is InChI=1S/C23H28N2O3/c1-17-7-6-8-18(13-17)14-24-23(27)20-11-12-21(19-9-4-3-5-10-19)25(15-20)22(26)16-28-2/h3-10,13,20-21H,11-12,14-16H2,1-2H3,(H,24,27). The van der Waals surface area contributed by atoms with E-state index in [2.05, 4.69) is 11.4 Å². The number of benzene rings is 2. The number of hydrogen-bond donors (Lipinski definition) is 1. The van der Waals surface area contributed by atoms with E-state index in [4.69, 9.17) is 4.74 Å². The molecule has 1 heterocycles. The Hall–Kier alpha value is -2.66. The summed E-state index contributed by atoms with van der Waals surface area (Å²) in [7, 11) is 1.52. The topological polar surface area (TPSA) is 58.6 Å². The maximum atomic E-state index is 12.7. The molecule has 2 unspecified atom stereocenters. The average Bonchev–Trinajstić information content (AvgIpc) is 2.72. The molecular formula is C23H28N2O3. The van der Waals surface area contributed by atoms with Gasteiger partial charge in [-0.1, -0.05) is 60.2 Å². The molecule has 1 aliphatic rings. The number of ether oxygens (including phenoxy) is 1. The fraction of sp³-hybridized carbons (Fsp3) is 0.391. The first-order chi connectivity index (χ1) is 13.6. The lowest BCUT2D eigenvalue weighted by Gasteiger charge is -2.39. The van der Waals surface area contributed by atoms with Gasteiger partial charge in [0.1, 0.15) is 6.61 Å². The first-order valence-electron chi connectivity index (χ1n) is 9.75. The van der Waals surface area contributed by atoms with Gasteiger partial charge in [0.25, 0.3) is 0 Å². The highest BCUT2D eigenvalue weighted by Gasteiger charge is 2.35. The van der Waals surface area contributed by atoms with Gasteiger partial charge in [-0.15, -0.1) is 0 Å². The van der Waals surface area contributed by atoms with Crippen LogP contribution in [-0.2, 0) is 20.9 Å². The van der Waals surface area contributed by atoms with Gasteiger partial charge in [-0.3, -0.25) is 9.59 Å². The molecule has 28 heavy (non-hydrogen) atoms. The Balaban J connectivity index is 1.67. The molecule has 3 rings (SSSR count). The van der Waals surface area contributed by atoms with Gasteiger partial charge in [0.2, 0.25) is 11.8 Å². The predicted molar refractivity (Wildman–Crippen MR) is 109 cm³/mol. The second kappa shape index (κ2) is 9.51. The van der Waals surface area contributed by atoms with Crippen LogP contribution >= 0.6 is 0 Å². The molecule has 1 saturated heterocycles. The Bertz CT molecular complexity index is 807. The fourth-order valence-corrected chi connectivity index (χ4v) is 3.84. The van der Waals surface area contributed by atoms with E-state index >= 15 is 0 Å². The van der Waals surface area contributed by atoms with Crippen molar-refractivity contribution in [1.82, 2.24) is 10.2 Å². The first-order valence-corrected chi connectivity index (χ1v) is 9.75. The van der Waals surface area contributed by atoms with E-state index in [0.717, 1.165) is 24.0 Å². The number of hydrogen-bond acceptors (Lipinski definition) is 3. The number of methoxy groups -OCH3 is 1. The lowest BCUT2D eigenvalue weighted by molar-refractivity contribution is -0.142. The molecule has 2 aromatic rings. The molecule has 148 valence electrons. The van der Waals surface area contributed by atoms with Crippen molar-refractivity contribution in [2.45, 2.75) is 32.4 Å². The van der Waals surface area contributed by atoms with Gasteiger partial charge in [0, 0.05) is 20.2 Å². The lowest BCUT2D eigenvalue weighted by Crippen LogP contribution is -2.47. The van der Waals surface area contributed by atoms with Crippen LogP contribution in [0.3, 0.4) is 0 Å². The summed E-state index contributed by atoms with van der Waals surface area (Å²) in [5.74, 6) is -0.277. The minimum absolute atomic E-state index is 0.00300. The molecule has 2 aromatic carbocycles. The summed E-state index contributed by atoms with van der Waals surface area (Å²) in [4.78, 5) is 27.2. The minimum atomic E-state index is -0.203. The van der Waals surface area contributed by atoms with Crippen LogP contribution in [0.4, 0.5) is 0 Å². The average molecular weight is 380 g/mol. The molecule has 2 amide bonds. The number of carbonyl (C=O) groups excluding carboxylic acids is 2. The van der Waals surface area contributed by atoms with E-state index in [1.807, 2.05) is 55.5 Å². The Labute approximate surface area is 166 Å². The number of aryl methyl sites for hydroxylation is 1. The van der Waals surface area contributed by atoms with Gasteiger partial charge in [-0.25, -0.2) is 0 Å². The highest BCUT2D eigenvalue weighted by Crippen LogP contribution is 2.33. The van der Waals surface area contributed by atoms with Crippen molar-refractivity contribution in [3.8, 4) is 0 Å². The normalized spacial score (nSPS) is 19.3. The van der Waals surface area contributed by atoms with Crippen LogP contribution < -0.4 is 5.32 Å². The van der Waals surface area contributed by atoms with E-state index in [0.29, 0.717) is 13.1 Å². The van der Waals surface area contributed by atoms with Gasteiger partial charge in [-0.05, 0) is 30.9 Å². The van der Waals surface area contributed by atoms with Crippen molar-refractivity contribution in [1.29, 1.82) is 0 Å². The Morgan fingerprint density at radius 2 is 1.89 bits per heavy atom. The summed E-state index contributed by atoms with van der Waals surface area (Å²) in [5.41, 5.74) is 3.36. The molecule has 0 saturated carbocycles. The summed E-state index contributed by atoms with van der Waals surface area (Å²) in [5, 5.41) is 3.03. The van der Waals surface area contributed by atoms with Crippen LogP contribution in [0, 0.1) is 12.8 Å². The third-order valence-electron chi connectivity index (χ3n) is 5.27. The molecule has 0 aromatic heterocycles. The number of amides is 2. The molecule has 5 nitrogen and oxygen atoms in total. The number of rotatable bonds is 6.